The fourth-order valence-corrected chi connectivity index (χ4v) is 3.27. The summed E-state index contributed by atoms with van der Waals surface area (Å²) in [4.78, 5) is 16.9. The van der Waals surface area contributed by atoms with Crippen LogP contribution in [0.5, 0.6) is 5.75 Å². The van der Waals surface area contributed by atoms with Crippen molar-refractivity contribution < 1.29 is 9.53 Å². The number of benzene rings is 1. The highest BCUT2D eigenvalue weighted by atomic mass is 79.9. The number of carbonyl (C=O) groups is 1. The Labute approximate surface area is 135 Å². The van der Waals surface area contributed by atoms with Crippen LogP contribution in [-0.4, -0.2) is 62.5 Å². The molecule has 0 aromatic heterocycles. The molecule has 0 N–H and O–H groups in total. The van der Waals surface area contributed by atoms with Crippen LogP contribution < -0.4 is 4.74 Å². The molecule has 0 radical (unpaired) electrons. The number of ether oxygens (including phenoxy) is 1. The summed E-state index contributed by atoms with van der Waals surface area (Å²) >= 11 is 3.43. The average Bonchev–Trinajstić information content (AvgIpc) is 2.47. The van der Waals surface area contributed by atoms with Gasteiger partial charge in [-0.25, -0.2) is 0 Å². The predicted octanol–water partition coefficient (Wildman–Crippen LogP) is 2.67. The summed E-state index contributed by atoms with van der Waals surface area (Å²) in [5.41, 5.74) is 0.734. The number of rotatable bonds is 5. The summed E-state index contributed by atoms with van der Waals surface area (Å²) in [6.07, 6.45) is 2.26. The summed E-state index contributed by atoms with van der Waals surface area (Å²) < 4.78 is 6.01. The van der Waals surface area contributed by atoms with Crippen LogP contribution in [0.4, 0.5) is 0 Å². The molecule has 0 aliphatic carbocycles. The fourth-order valence-electron chi connectivity index (χ4n) is 2.73. The van der Waals surface area contributed by atoms with Gasteiger partial charge in [0.05, 0.1) is 18.1 Å². The molecule has 0 amide bonds. The first-order chi connectivity index (χ1) is 10.0. The third-order valence-electron chi connectivity index (χ3n) is 4.13. The van der Waals surface area contributed by atoms with Crippen molar-refractivity contribution in [2.45, 2.75) is 18.9 Å². The zero-order valence-electron chi connectivity index (χ0n) is 12.9. The Hall–Kier alpha value is -0.910. The smallest absolute Gasteiger partial charge is 0.176 e. The summed E-state index contributed by atoms with van der Waals surface area (Å²) in [6, 6.07) is 6.15. The number of Topliss-reactive ketones (excluding diaryl/α,β-unsaturated/α-hetero) is 1. The lowest BCUT2D eigenvalue weighted by atomic mass is 10.0. The van der Waals surface area contributed by atoms with E-state index in [4.69, 9.17) is 4.74 Å². The number of piperidine rings is 1. The van der Waals surface area contributed by atoms with Gasteiger partial charge in [-0.1, -0.05) is 0 Å². The summed E-state index contributed by atoms with van der Waals surface area (Å²) in [5, 5.41) is 0. The molecule has 1 heterocycles. The lowest BCUT2D eigenvalue weighted by Crippen LogP contribution is -2.43. The summed E-state index contributed by atoms with van der Waals surface area (Å²) in [7, 11) is 5.87. The fraction of sp³-hybridized carbons (Fsp3) is 0.562. The second-order valence-corrected chi connectivity index (χ2v) is 6.60. The Kier molecular flexibility index (Phi) is 5.79. The van der Waals surface area contributed by atoms with Crippen LogP contribution in [0.2, 0.25) is 0 Å². The maximum Gasteiger partial charge on any atom is 0.176 e. The van der Waals surface area contributed by atoms with E-state index in [9.17, 15) is 4.79 Å². The van der Waals surface area contributed by atoms with Crippen molar-refractivity contribution >= 4 is 21.7 Å². The molecule has 2 rings (SSSR count). The van der Waals surface area contributed by atoms with Crippen LogP contribution in [0.15, 0.2) is 22.7 Å². The quantitative estimate of drug-likeness (QED) is 0.761. The van der Waals surface area contributed by atoms with Crippen LogP contribution in [0, 0.1) is 0 Å². The number of hydrogen-bond donors (Lipinski definition) is 0. The normalized spacial score (nSPS) is 17.2. The highest BCUT2D eigenvalue weighted by Gasteiger charge is 2.22. The Balaban J connectivity index is 1.92. The number of methoxy groups -OCH3 is 1. The molecular weight excluding hydrogens is 332 g/mol. The first-order valence-electron chi connectivity index (χ1n) is 7.26. The van der Waals surface area contributed by atoms with Gasteiger partial charge in [-0.3, -0.25) is 9.69 Å². The van der Waals surface area contributed by atoms with E-state index in [1.54, 1.807) is 7.11 Å². The van der Waals surface area contributed by atoms with Gasteiger partial charge in [0, 0.05) is 24.7 Å². The number of likely N-dealkylation sites (tertiary alicyclic amines) is 1. The van der Waals surface area contributed by atoms with Crippen LogP contribution >= 0.6 is 15.9 Å². The molecule has 0 bridgehead atoms. The summed E-state index contributed by atoms with van der Waals surface area (Å²) in [6.45, 7) is 2.48. The van der Waals surface area contributed by atoms with E-state index in [1.807, 2.05) is 18.2 Å². The van der Waals surface area contributed by atoms with Gasteiger partial charge in [-0.05, 0) is 61.1 Å². The van der Waals surface area contributed by atoms with Crippen LogP contribution in [0.3, 0.4) is 0 Å². The molecule has 4 nitrogen and oxygen atoms in total. The second-order valence-electron chi connectivity index (χ2n) is 5.74. The lowest BCUT2D eigenvalue weighted by molar-refractivity contribution is 0.0874. The molecule has 1 fully saturated rings. The molecule has 1 aromatic rings. The van der Waals surface area contributed by atoms with Crippen molar-refractivity contribution in [3.8, 4) is 5.75 Å². The van der Waals surface area contributed by atoms with Gasteiger partial charge in [0.15, 0.2) is 5.78 Å². The number of carbonyl (C=O) groups excluding carboxylic acids is 1. The van der Waals surface area contributed by atoms with Crippen molar-refractivity contribution in [1.82, 2.24) is 9.80 Å². The molecule has 1 aromatic carbocycles. The van der Waals surface area contributed by atoms with Gasteiger partial charge < -0.3 is 9.64 Å². The topological polar surface area (TPSA) is 32.8 Å². The maximum atomic E-state index is 12.4. The van der Waals surface area contributed by atoms with Crippen molar-refractivity contribution in [3.63, 3.8) is 0 Å². The number of nitrogens with zero attached hydrogens (tertiary/aromatic N) is 2. The number of hydrogen-bond acceptors (Lipinski definition) is 4. The van der Waals surface area contributed by atoms with Crippen molar-refractivity contribution in [1.29, 1.82) is 0 Å². The van der Waals surface area contributed by atoms with Gasteiger partial charge in [0.1, 0.15) is 5.75 Å². The molecule has 116 valence electrons. The predicted molar refractivity (Wildman–Crippen MR) is 88.2 cm³/mol. The Morgan fingerprint density at radius 3 is 2.57 bits per heavy atom. The monoisotopic (exact) mass is 354 g/mol. The van der Waals surface area contributed by atoms with Crippen molar-refractivity contribution in [2.24, 2.45) is 0 Å². The van der Waals surface area contributed by atoms with Crippen LogP contribution in [-0.2, 0) is 0 Å². The Bertz CT molecular complexity index is 497. The lowest BCUT2D eigenvalue weighted by Gasteiger charge is -2.34. The molecule has 0 atom stereocenters. The van der Waals surface area contributed by atoms with Gasteiger partial charge in [0.2, 0.25) is 0 Å². The van der Waals surface area contributed by atoms with E-state index in [-0.39, 0.29) is 5.78 Å². The third kappa shape index (κ3) is 4.28. The zero-order chi connectivity index (χ0) is 15.4. The molecule has 5 heteroatoms. The largest absolute Gasteiger partial charge is 0.496 e. The minimum atomic E-state index is 0.168. The highest BCUT2D eigenvalue weighted by Crippen LogP contribution is 2.26. The summed E-state index contributed by atoms with van der Waals surface area (Å²) in [5.74, 6) is 0.917. The van der Waals surface area contributed by atoms with Gasteiger partial charge in [-0.15, -0.1) is 0 Å². The second kappa shape index (κ2) is 7.38. The van der Waals surface area contributed by atoms with Crippen molar-refractivity contribution in [3.05, 3.63) is 28.2 Å². The SMILES string of the molecule is COc1ccc(C(=O)CN2CCC(N(C)C)CC2)cc1Br. The Morgan fingerprint density at radius 2 is 2.05 bits per heavy atom. The van der Waals surface area contributed by atoms with E-state index >= 15 is 0 Å². The van der Waals surface area contributed by atoms with E-state index in [0.717, 1.165) is 41.7 Å². The van der Waals surface area contributed by atoms with Gasteiger partial charge >= 0.3 is 0 Å². The first kappa shape index (κ1) is 16.5. The molecule has 1 saturated heterocycles. The van der Waals surface area contributed by atoms with E-state index in [1.165, 1.54) is 0 Å². The molecule has 0 unspecified atom stereocenters. The minimum Gasteiger partial charge on any atom is -0.496 e. The molecule has 0 spiro atoms. The molecule has 1 aliphatic rings. The van der Waals surface area contributed by atoms with Crippen LogP contribution in [0.25, 0.3) is 0 Å². The van der Waals surface area contributed by atoms with Crippen molar-refractivity contribution in [2.75, 3.05) is 40.8 Å². The standard InChI is InChI=1S/C16H23BrN2O2/c1-18(2)13-6-8-19(9-7-13)11-15(20)12-4-5-16(21-3)14(17)10-12/h4-5,10,13H,6-9,11H2,1-3H3. The van der Waals surface area contributed by atoms with Crippen LogP contribution in [0.1, 0.15) is 23.2 Å². The van der Waals surface area contributed by atoms with Gasteiger partial charge in [-0.2, -0.15) is 0 Å². The minimum absolute atomic E-state index is 0.168. The van der Waals surface area contributed by atoms with E-state index in [2.05, 4.69) is 39.8 Å². The zero-order valence-corrected chi connectivity index (χ0v) is 14.5. The molecule has 21 heavy (non-hydrogen) atoms. The number of ketones is 1. The van der Waals surface area contributed by atoms with E-state index in [0.29, 0.717) is 12.6 Å². The Morgan fingerprint density at radius 1 is 1.38 bits per heavy atom. The molecule has 0 saturated carbocycles. The third-order valence-corrected chi connectivity index (χ3v) is 4.75. The number of halogens is 1. The highest BCUT2D eigenvalue weighted by molar-refractivity contribution is 9.10. The molecule has 1 aliphatic heterocycles. The average molecular weight is 355 g/mol. The first-order valence-corrected chi connectivity index (χ1v) is 8.06. The molecular formula is C16H23BrN2O2. The van der Waals surface area contributed by atoms with Gasteiger partial charge in [0.25, 0.3) is 0 Å². The van der Waals surface area contributed by atoms with E-state index < -0.39 is 0 Å². The maximum absolute atomic E-state index is 12.4.